The second kappa shape index (κ2) is 14.3. The smallest absolute Gasteiger partial charge is 0.226 e. The normalized spacial score (nSPS) is 20.1. The van der Waals surface area contributed by atoms with Crippen LogP contribution < -0.4 is 15.4 Å². The lowest BCUT2D eigenvalue weighted by molar-refractivity contribution is -0.0479. The first-order valence-electron chi connectivity index (χ1n) is 14.6. The number of nitrogens with zero attached hydrogens (tertiary/aromatic N) is 5. The average Bonchev–Trinajstić information content (AvgIpc) is 2.95. The highest BCUT2D eigenvalue weighted by atomic mass is 19.1. The van der Waals surface area contributed by atoms with Gasteiger partial charge >= 0.3 is 0 Å². The first kappa shape index (κ1) is 31.1. The van der Waals surface area contributed by atoms with Gasteiger partial charge in [-0.2, -0.15) is 0 Å². The largest absolute Gasteiger partial charge is 0.457 e. The lowest BCUT2D eigenvalue weighted by Crippen LogP contribution is -2.45. The molecular weight excluding hydrogens is 533 g/mol. The molecule has 1 saturated heterocycles. The van der Waals surface area contributed by atoms with Gasteiger partial charge in [0.1, 0.15) is 35.4 Å². The first-order chi connectivity index (χ1) is 20.2. The Balaban J connectivity index is 0.00000198. The lowest BCUT2D eigenvalue weighted by atomic mass is 10.1. The van der Waals surface area contributed by atoms with Crippen molar-refractivity contribution in [2.45, 2.75) is 66.6 Å². The van der Waals surface area contributed by atoms with Crippen LogP contribution in [0.25, 0.3) is 0 Å². The van der Waals surface area contributed by atoms with Crippen molar-refractivity contribution in [2.75, 3.05) is 30.8 Å². The summed E-state index contributed by atoms with van der Waals surface area (Å²) in [6.07, 6.45) is 3.62. The van der Waals surface area contributed by atoms with Crippen molar-refractivity contribution in [1.29, 1.82) is 0 Å². The fraction of sp³-hybridized carbons (Fsp3) is 0.438. The molecule has 2 aromatic carbocycles. The molecule has 0 saturated carbocycles. The van der Waals surface area contributed by atoms with Crippen molar-refractivity contribution in [3.8, 4) is 11.5 Å². The van der Waals surface area contributed by atoms with Crippen molar-refractivity contribution >= 4 is 35.3 Å². The summed E-state index contributed by atoms with van der Waals surface area (Å²) in [5.41, 5.74) is 5.11. The number of fused-ring (bicyclic) bond motifs is 1. The number of ether oxygens (including phenoxy) is 2. The zero-order chi connectivity index (χ0) is 30.2. The molecule has 10 heteroatoms. The number of alkyl halides is 1. The van der Waals surface area contributed by atoms with Gasteiger partial charge < -0.3 is 25.0 Å². The Morgan fingerprint density at radius 1 is 1.10 bits per heavy atom. The number of piperidine rings is 1. The summed E-state index contributed by atoms with van der Waals surface area (Å²) in [6.45, 7) is 13.3. The van der Waals surface area contributed by atoms with Crippen molar-refractivity contribution in [3.63, 3.8) is 0 Å². The molecule has 0 amide bonds. The van der Waals surface area contributed by atoms with Gasteiger partial charge in [0.25, 0.3) is 0 Å². The van der Waals surface area contributed by atoms with E-state index < -0.39 is 12.5 Å². The molecule has 0 spiro atoms. The number of aromatic nitrogens is 2. The Labute approximate surface area is 248 Å². The highest BCUT2D eigenvalue weighted by Gasteiger charge is 2.29. The Morgan fingerprint density at radius 2 is 1.90 bits per heavy atom. The van der Waals surface area contributed by atoms with E-state index in [-0.39, 0.29) is 6.10 Å². The molecular formula is C32H42FN7O2. The molecule has 0 radical (unpaired) electrons. The number of aryl methyl sites for hydroxylation is 2. The zero-order valence-electron chi connectivity index (χ0n) is 25.6. The van der Waals surface area contributed by atoms with Gasteiger partial charge in [0.15, 0.2) is 5.82 Å². The van der Waals surface area contributed by atoms with Crippen LogP contribution in [0.3, 0.4) is 0 Å². The molecule has 1 aromatic heterocycles. The van der Waals surface area contributed by atoms with E-state index in [1.165, 1.54) is 6.33 Å². The maximum absolute atomic E-state index is 14.0. The van der Waals surface area contributed by atoms with Gasteiger partial charge in [-0.05, 0) is 62.2 Å². The molecule has 0 aliphatic carbocycles. The molecule has 2 aliphatic heterocycles. The van der Waals surface area contributed by atoms with Crippen molar-refractivity contribution in [3.05, 3.63) is 59.5 Å². The molecule has 5 rings (SSSR count). The fourth-order valence-corrected chi connectivity index (χ4v) is 4.70. The molecule has 3 atom stereocenters. The molecule has 2 N–H and O–H groups in total. The van der Waals surface area contributed by atoms with Gasteiger partial charge in [-0.25, -0.2) is 19.4 Å². The van der Waals surface area contributed by atoms with Gasteiger partial charge in [0.2, 0.25) is 6.35 Å². The van der Waals surface area contributed by atoms with Crippen LogP contribution in [-0.4, -0.2) is 66.1 Å². The third kappa shape index (κ3) is 8.10. The topological polar surface area (TPSA) is 96.3 Å². The highest BCUT2D eigenvalue weighted by Crippen LogP contribution is 2.33. The minimum absolute atomic E-state index is 0.257. The Bertz CT molecular complexity index is 1400. The Kier molecular flexibility index (Phi) is 10.6. The number of hydrogen-bond acceptors (Lipinski definition) is 9. The highest BCUT2D eigenvalue weighted by molar-refractivity contribution is 5.92. The molecule has 42 heavy (non-hydrogen) atoms. The number of hydrogen-bond donors (Lipinski definition) is 2. The molecule has 1 fully saturated rings. The fourth-order valence-electron chi connectivity index (χ4n) is 4.70. The molecule has 3 unspecified atom stereocenters. The maximum atomic E-state index is 14.0. The maximum Gasteiger partial charge on any atom is 0.226 e. The van der Waals surface area contributed by atoms with Crippen molar-refractivity contribution in [2.24, 2.45) is 15.9 Å². The van der Waals surface area contributed by atoms with E-state index >= 15 is 0 Å². The second-order valence-corrected chi connectivity index (χ2v) is 10.7. The summed E-state index contributed by atoms with van der Waals surface area (Å²) in [4.78, 5) is 19.7. The summed E-state index contributed by atoms with van der Waals surface area (Å²) in [6, 6.07) is 11.8. The third-order valence-electron chi connectivity index (χ3n) is 6.70. The molecule has 0 bridgehead atoms. The number of anilines is 3. The monoisotopic (exact) mass is 575 g/mol. The summed E-state index contributed by atoms with van der Waals surface area (Å²) in [7, 11) is 1.89. The minimum atomic E-state index is -0.911. The van der Waals surface area contributed by atoms with Crippen molar-refractivity contribution in [1.82, 2.24) is 14.9 Å². The molecule has 9 nitrogen and oxygen atoms in total. The molecule has 3 heterocycles. The molecule has 2 aliphatic rings. The molecule has 224 valence electrons. The van der Waals surface area contributed by atoms with Gasteiger partial charge in [-0.1, -0.05) is 33.8 Å². The van der Waals surface area contributed by atoms with E-state index in [0.29, 0.717) is 42.6 Å². The van der Waals surface area contributed by atoms with Crippen LogP contribution >= 0.6 is 0 Å². The van der Waals surface area contributed by atoms with Crippen LogP contribution in [0, 0.1) is 19.8 Å². The van der Waals surface area contributed by atoms with E-state index in [1.807, 2.05) is 82.3 Å². The summed E-state index contributed by atoms with van der Waals surface area (Å²) < 4.78 is 26.3. The number of aliphatic imine (C=N–C) groups is 2. The predicted octanol–water partition coefficient (Wildman–Crippen LogP) is 7.20. The van der Waals surface area contributed by atoms with E-state index in [1.54, 1.807) is 6.21 Å². The van der Waals surface area contributed by atoms with Crippen molar-refractivity contribution < 1.29 is 13.9 Å². The SMILES string of the molecule is CC.Cc1ccc(Oc2ccc(Nc3ncnc4c3NC(OC3CC(F)CN(C)C3)N=C4)cc2C)cc1N=CC(C)C. The lowest BCUT2D eigenvalue weighted by Gasteiger charge is -2.34. The number of nitrogens with one attached hydrogen (secondary N) is 2. The van der Waals surface area contributed by atoms with Gasteiger partial charge in [-0.3, -0.25) is 4.99 Å². The van der Waals surface area contributed by atoms with Crippen LogP contribution in [0.5, 0.6) is 11.5 Å². The number of likely N-dealkylation sites (N-methyl/N-ethyl adjacent to an activating group) is 1. The Hall–Kier alpha value is -3.89. The van der Waals surface area contributed by atoms with Crippen LogP contribution in [0.15, 0.2) is 52.7 Å². The quantitative estimate of drug-likeness (QED) is 0.274. The standard InChI is InChI=1S/C30H36FN7O2.C2H6/c1-18(2)13-32-25-12-23(8-6-19(25)3)39-27-9-7-22(10-20(27)4)36-29-28-26(34-17-35-29)14-33-30(37-28)40-24-11-21(31)15-38(5)16-24;1-2/h6-10,12-14,17-18,21,24,30,37H,11,15-16H2,1-5H3,(H,34,35,36);1-2H3. The number of rotatable bonds is 8. The second-order valence-electron chi connectivity index (χ2n) is 10.7. The van der Waals surface area contributed by atoms with Gasteiger partial charge in [0, 0.05) is 37.5 Å². The summed E-state index contributed by atoms with van der Waals surface area (Å²) in [5.74, 6) is 2.44. The third-order valence-corrected chi connectivity index (χ3v) is 6.70. The van der Waals surface area contributed by atoms with E-state index in [2.05, 4.69) is 44.4 Å². The molecule has 3 aromatic rings. The predicted molar refractivity (Wildman–Crippen MR) is 169 cm³/mol. The average molecular weight is 576 g/mol. The Morgan fingerprint density at radius 3 is 2.64 bits per heavy atom. The number of benzene rings is 2. The number of likely N-dealkylation sites (tertiary alicyclic amines) is 1. The van der Waals surface area contributed by atoms with E-state index in [0.717, 1.165) is 34.0 Å². The van der Waals surface area contributed by atoms with Crippen LogP contribution in [0.4, 0.5) is 27.3 Å². The van der Waals surface area contributed by atoms with E-state index in [4.69, 9.17) is 9.47 Å². The van der Waals surface area contributed by atoms with Gasteiger partial charge in [-0.15, -0.1) is 0 Å². The summed E-state index contributed by atoms with van der Waals surface area (Å²) in [5, 5.41) is 6.64. The van der Waals surface area contributed by atoms with Gasteiger partial charge in [0.05, 0.1) is 18.0 Å². The minimum Gasteiger partial charge on any atom is -0.457 e. The van der Waals surface area contributed by atoms with Crippen LogP contribution in [-0.2, 0) is 4.74 Å². The zero-order valence-corrected chi connectivity index (χ0v) is 25.6. The van der Waals surface area contributed by atoms with Crippen LogP contribution in [0.2, 0.25) is 0 Å². The van der Waals surface area contributed by atoms with E-state index in [9.17, 15) is 4.39 Å². The first-order valence-corrected chi connectivity index (χ1v) is 14.6. The number of halogens is 1. The van der Waals surface area contributed by atoms with Crippen LogP contribution in [0.1, 0.15) is 50.9 Å². The summed E-state index contributed by atoms with van der Waals surface area (Å²) >= 11 is 0.